The molecule has 0 radical (unpaired) electrons. The van der Waals surface area contributed by atoms with Gasteiger partial charge in [0.2, 0.25) is 5.91 Å². The number of ether oxygens (including phenoxy) is 1. The van der Waals surface area contributed by atoms with Crippen LogP contribution >= 0.6 is 12.4 Å². The quantitative estimate of drug-likeness (QED) is 0.485. The van der Waals surface area contributed by atoms with E-state index in [1.807, 2.05) is 4.90 Å². The van der Waals surface area contributed by atoms with Crippen LogP contribution in [0.15, 0.2) is 17.1 Å². The minimum Gasteiger partial charge on any atom is -0.477 e. The lowest BCUT2D eigenvalue weighted by Crippen LogP contribution is -2.53. The summed E-state index contributed by atoms with van der Waals surface area (Å²) in [7, 11) is 0. The second-order valence-electron chi connectivity index (χ2n) is 11.2. The minimum atomic E-state index is -1.33. The smallest absolute Gasteiger partial charge is 0.408 e. The molecular formula is C27H36ClFN4O6. The molecule has 4 rings (SSSR count). The average Bonchev–Trinajstić information content (AvgIpc) is 3.64. The number of carbonyl (C=O) groups is 3. The molecule has 1 aliphatic heterocycles. The van der Waals surface area contributed by atoms with Gasteiger partial charge in [-0.1, -0.05) is 0 Å². The molecule has 12 heteroatoms. The van der Waals surface area contributed by atoms with Gasteiger partial charge in [0.15, 0.2) is 5.82 Å². The second-order valence-corrected chi connectivity index (χ2v) is 11.2. The molecule has 2 aromatic heterocycles. The Morgan fingerprint density at radius 2 is 1.87 bits per heavy atom. The Morgan fingerprint density at radius 3 is 2.46 bits per heavy atom. The Balaban J connectivity index is 0.00000420. The van der Waals surface area contributed by atoms with E-state index in [4.69, 9.17) is 4.74 Å². The fourth-order valence-electron chi connectivity index (χ4n) is 5.06. The fraction of sp³-hybridized carbons (Fsp3) is 0.556. The lowest BCUT2D eigenvalue weighted by Gasteiger charge is -2.36. The predicted octanol–water partition coefficient (Wildman–Crippen LogP) is 3.74. The van der Waals surface area contributed by atoms with Crippen LogP contribution in [0.5, 0.6) is 0 Å². The number of pyridine rings is 2. The number of fused-ring (bicyclic) bond motifs is 1. The summed E-state index contributed by atoms with van der Waals surface area (Å²) >= 11 is 0. The molecule has 0 bridgehead atoms. The summed E-state index contributed by atoms with van der Waals surface area (Å²) in [5.41, 5.74) is 0.364. The zero-order chi connectivity index (χ0) is 27.9. The molecule has 0 unspecified atom stereocenters. The van der Waals surface area contributed by atoms with Gasteiger partial charge >= 0.3 is 12.1 Å². The number of nitrogens with one attached hydrogen (secondary N) is 2. The molecule has 2 fully saturated rings. The highest BCUT2D eigenvalue weighted by molar-refractivity contribution is 5.89. The van der Waals surface area contributed by atoms with Crippen molar-refractivity contribution in [3.63, 3.8) is 0 Å². The van der Waals surface area contributed by atoms with Crippen molar-refractivity contribution in [3.05, 3.63) is 45.1 Å². The average molecular weight is 567 g/mol. The molecule has 3 N–H and O–H groups in total. The Kier molecular flexibility index (Phi) is 8.84. The third-order valence-electron chi connectivity index (χ3n) is 6.90. The molecule has 1 aliphatic carbocycles. The van der Waals surface area contributed by atoms with Crippen LogP contribution in [0.25, 0.3) is 5.52 Å². The van der Waals surface area contributed by atoms with E-state index in [2.05, 4.69) is 10.6 Å². The van der Waals surface area contributed by atoms with Gasteiger partial charge in [-0.05, 0) is 83.4 Å². The van der Waals surface area contributed by atoms with E-state index in [9.17, 15) is 24.3 Å². The van der Waals surface area contributed by atoms with Gasteiger partial charge in [-0.2, -0.15) is 0 Å². The topological polar surface area (TPSA) is 129 Å². The maximum atomic E-state index is 15.5. The molecule has 0 spiro atoms. The summed E-state index contributed by atoms with van der Waals surface area (Å²) in [6.07, 6.45) is 3.53. The molecule has 10 nitrogen and oxygen atoms in total. The van der Waals surface area contributed by atoms with Crippen LogP contribution in [0.3, 0.4) is 0 Å². The van der Waals surface area contributed by atoms with Crippen LogP contribution in [0.2, 0.25) is 0 Å². The third kappa shape index (κ3) is 6.63. The third-order valence-corrected chi connectivity index (χ3v) is 6.90. The van der Waals surface area contributed by atoms with Crippen LogP contribution in [0.4, 0.5) is 14.9 Å². The normalized spacial score (nSPS) is 18.2. The van der Waals surface area contributed by atoms with Crippen molar-refractivity contribution < 1.29 is 28.6 Å². The number of halogens is 2. The molecule has 1 saturated carbocycles. The maximum absolute atomic E-state index is 15.5. The number of carboxylic acid groups (broad SMARTS) is 1. The lowest BCUT2D eigenvalue weighted by atomic mass is 9.99. The van der Waals surface area contributed by atoms with Gasteiger partial charge in [0.05, 0.1) is 17.4 Å². The van der Waals surface area contributed by atoms with Crippen molar-refractivity contribution >= 4 is 41.6 Å². The van der Waals surface area contributed by atoms with E-state index >= 15 is 4.39 Å². The molecular weight excluding hydrogens is 531 g/mol. The number of carbonyl (C=O) groups excluding carboxylic acids is 2. The van der Waals surface area contributed by atoms with Crippen molar-refractivity contribution in [1.29, 1.82) is 0 Å². The number of amides is 2. The van der Waals surface area contributed by atoms with Gasteiger partial charge < -0.3 is 25.4 Å². The predicted molar refractivity (Wildman–Crippen MR) is 147 cm³/mol. The van der Waals surface area contributed by atoms with Crippen molar-refractivity contribution in [1.82, 2.24) is 15.0 Å². The van der Waals surface area contributed by atoms with Crippen LogP contribution in [-0.4, -0.2) is 58.3 Å². The molecule has 39 heavy (non-hydrogen) atoms. The van der Waals surface area contributed by atoms with Crippen molar-refractivity contribution in [2.24, 2.45) is 0 Å². The highest BCUT2D eigenvalue weighted by Crippen LogP contribution is 2.44. The zero-order valence-corrected chi connectivity index (χ0v) is 23.6. The van der Waals surface area contributed by atoms with Gasteiger partial charge in [-0.15, -0.1) is 12.4 Å². The van der Waals surface area contributed by atoms with Crippen LogP contribution in [-0.2, 0) is 9.53 Å². The number of piperidine rings is 1. The first-order chi connectivity index (χ1) is 17.8. The molecule has 3 heterocycles. The van der Waals surface area contributed by atoms with Crippen LogP contribution < -0.4 is 21.1 Å². The summed E-state index contributed by atoms with van der Waals surface area (Å²) in [5, 5.41) is 15.0. The number of aromatic carboxylic acids is 1. The largest absolute Gasteiger partial charge is 0.477 e. The van der Waals surface area contributed by atoms with E-state index in [0.29, 0.717) is 42.7 Å². The van der Waals surface area contributed by atoms with Gasteiger partial charge in [0, 0.05) is 19.1 Å². The standard InChI is InChI=1S/C27H35FN4O6.ClH/c1-14-21-18(16-8-9-16)11-19(25(35)36)24(34)32(21)13-20(28)22(14)31-10-6-7-17(12-31)30-23(33)15(2)29-26(37)38-27(3,4)5;/h11,13,15-17H,6-10,12H2,1-5H3,(H,29,37)(H,30,33)(H,35,36);1H/t15-,17+;/m0./s1. The molecule has 2 atom stereocenters. The zero-order valence-electron chi connectivity index (χ0n) is 22.8. The van der Waals surface area contributed by atoms with Crippen molar-refractivity contribution in [3.8, 4) is 0 Å². The first kappa shape index (κ1) is 30.2. The number of hydrogen-bond acceptors (Lipinski definition) is 6. The fourth-order valence-corrected chi connectivity index (χ4v) is 5.06. The van der Waals surface area contributed by atoms with Gasteiger partial charge in [0.25, 0.3) is 5.56 Å². The second kappa shape index (κ2) is 11.4. The highest BCUT2D eigenvalue weighted by atomic mass is 35.5. The SMILES string of the molecule is Cc1c(N2CCC[C@@H](NC(=O)[C@H](C)NC(=O)OC(C)(C)C)C2)c(F)cn2c(=O)c(C(=O)O)cc(C3CC3)c12.Cl. The minimum absolute atomic E-state index is 0. The van der Waals surface area contributed by atoms with E-state index in [1.54, 1.807) is 34.6 Å². The van der Waals surface area contributed by atoms with E-state index < -0.39 is 35.1 Å². The Hall–Kier alpha value is -3.34. The van der Waals surface area contributed by atoms with Crippen molar-refractivity contribution in [2.75, 3.05) is 18.0 Å². The molecule has 214 valence electrons. The number of aryl methyl sites for hydroxylation is 1. The van der Waals surface area contributed by atoms with E-state index in [1.165, 1.54) is 6.07 Å². The summed E-state index contributed by atoms with van der Waals surface area (Å²) in [6, 6.07) is 0.328. The Labute approximate surface area is 232 Å². The Morgan fingerprint density at radius 1 is 1.21 bits per heavy atom. The molecule has 2 aliphatic rings. The number of hydrogen-bond donors (Lipinski definition) is 3. The lowest BCUT2D eigenvalue weighted by molar-refractivity contribution is -0.123. The summed E-state index contributed by atoms with van der Waals surface area (Å²) in [5.74, 6) is -2.21. The van der Waals surface area contributed by atoms with Gasteiger partial charge in [0.1, 0.15) is 17.2 Å². The monoisotopic (exact) mass is 566 g/mol. The molecule has 1 saturated heterocycles. The number of aromatic nitrogens is 1. The van der Waals surface area contributed by atoms with E-state index in [0.717, 1.165) is 29.0 Å². The van der Waals surface area contributed by atoms with Crippen LogP contribution in [0, 0.1) is 12.7 Å². The van der Waals surface area contributed by atoms with Crippen molar-refractivity contribution in [2.45, 2.75) is 83.9 Å². The first-order valence-electron chi connectivity index (χ1n) is 12.9. The molecule has 0 aromatic carbocycles. The van der Waals surface area contributed by atoms with Gasteiger partial charge in [-0.25, -0.2) is 14.0 Å². The Bertz CT molecular complexity index is 1350. The maximum Gasteiger partial charge on any atom is 0.408 e. The molecule has 2 aromatic rings. The number of anilines is 1. The summed E-state index contributed by atoms with van der Waals surface area (Å²) in [6.45, 7) is 9.41. The number of alkyl carbamates (subject to hydrolysis) is 1. The number of nitrogens with zero attached hydrogens (tertiary/aromatic N) is 2. The van der Waals surface area contributed by atoms with E-state index in [-0.39, 0.29) is 35.8 Å². The van der Waals surface area contributed by atoms with Gasteiger partial charge in [-0.3, -0.25) is 14.0 Å². The first-order valence-corrected chi connectivity index (χ1v) is 12.9. The highest BCUT2D eigenvalue weighted by Gasteiger charge is 2.32. The summed E-state index contributed by atoms with van der Waals surface area (Å²) in [4.78, 5) is 51.2. The van der Waals surface area contributed by atoms with Crippen LogP contribution in [0.1, 0.15) is 80.8 Å². The summed E-state index contributed by atoms with van der Waals surface area (Å²) < 4.78 is 21.9. The number of rotatable bonds is 6. The number of carboxylic acids is 1. The molecule has 2 amide bonds.